The van der Waals surface area contributed by atoms with Crippen molar-refractivity contribution in [3.8, 4) is 5.75 Å². The van der Waals surface area contributed by atoms with Crippen LogP contribution in [0, 0.1) is 0 Å². The molecule has 1 aromatic carbocycles. The van der Waals surface area contributed by atoms with Crippen molar-refractivity contribution < 1.29 is 14.4 Å². The first kappa shape index (κ1) is 18.4. The van der Waals surface area contributed by atoms with Crippen LogP contribution < -0.4 is 4.74 Å². The predicted octanol–water partition coefficient (Wildman–Crippen LogP) is 3.29. The number of carbonyl (C=O) groups excluding carboxylic acids is 1. The number of amides is 1. The number of aromatic nitrogens is 1. The van der Waals surface area contributed by atoms with Crippen LogP contribution in [0.15, 0.2) is 41.5 Å². The summed E-state index contributed by atoms with van der Waals surface area (Å²) in [5.41, 5.74) is 1.07. The molecule has 0 spiro atoms. The molecule has 0 atom stereocenters. The smallest absolute Gasteiger partial charge is 0.233 e. The Morgan fingerprint density at radius 2 is 2.04 bits per heavy atom. The molecule has 2 aromatic rings. The zero-order valence-electron chi connectivity index (χ0n) is 13.9. The van der Waals surface area contributed by atoms with Gasteiger partial charge in [-0.2, -0.15) is 0 Å². The molecule has 1 aliphatic heterocycles. The van der Waals surface area contributed by atoms with Gasteiger partial charge < -0.3 is 4.74 Å². The first-order chi connectivity index (χ1) is 12.6. The number of hydrogen-bond acceptors (Lipinski definition) is 5. The van der Waals surface area contributed by atoms with Crippen molar-refractivity contribution >= 4 is 41.3 Å². The molecule has 3 rings (SSSR count). The number of ether oxygens (including phenoxy) is 1. The number of halogens is 2. The summed E-state index contributed by atoms with van der Waals surface area (Å²) in [4.78, 5) is 27.2. The maximum Gasteiger partial charge on any atom is 0.233 e. The topological polar surface area (TPSA) is 67.3 Å². The van der Waals surface area contributed by atoms with E-state index in [4.69, 9.17) is 32.8 Å². The molecule has 1 aromatic heterocycles. The third-order valence-electron chi connectivity index (χ3n) is 3.69. The summed E-state index contributed by atoms with van der Waals surface area (Å²) in [6.07, 6.45) is 2.33. The number of aliphatic imine (C=N–C) groups is 1. The summed E-state index contributed by atoms with van der Waals surface area (Å²) in [5, 5.41) is 2.30. The molecule has 7 nitrogen and oxygen atoms in total. The van der Waals surface area contributed by atoms with Gasteiger partial charge in [-0.1, -0.05) is 29.3 Å². The van der Waals surface area contributed by atoms with Crippen LogP contribution in [0.2, 0.25) is 10.0 Å². The zero-order chi connectivity index (χ0) is 18.5. The van der Waals surface area contributed by atoms with Crippen LogP contribution in [0.4, 0.5) is 5.69 Å². The monoisotopic (exact) mass is 394 g/mol. The maximum absolute atomic E-state index is 11.3. The first-order valence-corrected chi connectivity index (χ1v) is 8.52. The Balaban J connectivity index is 1.81. The molecule has 1 saturated heterocycles. The van der Waals surface area contributed by atoms with Gasteiger partial charge in [0.25, 0.3) is 0 Å². The minimum Gasteiger partial charge on any atom is -0.497 e. The Morgan fingerprint density at radius 1 is 1.27 bits per heavy atom. The SMILES string of the molecule is COc1ccnc(CON2CCN(C=O)C2=Nc2c(Cl)cccc2Cl)c1. The molecule has 2 heterocycles. The first-order valence-electron chi connectivity index (χ1n) is 7.76. The van der Waals surface area contributed by atoms with E-state index in [1.807, 2.05) is 0 Å². The Bertz CT molecular complexity index is 811. The van der Waals surface area contributed by atoms with E-state index in [9.17, 15) is 4.79 Å². The largest absolute Gasteiger partial charge is 0.497 e. The highest BCUT2D eigenvalue weighted by Gasteiger charge is 2.28. The lowest BCUT2D eigenvalue weighted by molar-refractivity contribution is -0.115. The van der Waals surface area contributed by atoms with E-state index >= 15 is 0 Å². The van der Waals surface area contributed by atoms with Crippen LogP contribution in [0.3, 0.4) is 0 Å². The molecule has 1 aliphatic rings. The average Bonchev–Trinajstić information content (AvgIpc) is 3.05. The summed E-state index contributed by atoms with van der Waals surface area (Å²) in [7, 11) is 1.58. The Labute approximate surface area is 160 Å². The molecule has 9 heteroatoms. The van der Waals surface area contributed by atoms with E-state index in [1.165, 1.54) is 9.96 Å². The van der Waals surface area contributed by atoms with E-state index in [0.717, 1.165) is 0 Å². The average molecular weight is 395 g/mol. The number of para-hydroxylation sites is 1. The van der Waals surface area contributed by atoms with Gasteiger partial charge in [-0.15, -0.1) is 0 Å². The molecule has 0 bridgehead atoms. The molecular formula is C17H16Cl2N4O3. The van der Waals surface area contributed by atoms with Crippen molar-refractivity contribution in [2.24, 2.45) is 4.99 Å². The lowest BCUT2D eigenvalue weighted by atomic mass is 10.3. The fraction of sp³-hybridized carbons (Fsp3) is 0.235. The van der Waals surface area contributed by atoms with E-state index in [0.29, 0.717) is 52.6 Å². The van der Waals surface area contributed by atoms with Crippen LogP contribution in [0.1, 0.15) is 5.69 Å². The summed E-state index contributed by atoms with van der Waals surface area (Å²) < 4.78 is 5.17. The summed E-state index contributed by atoms with van der Waals surface area (Å²) >= 11 is 12.3. The number of hydrogen-bond donors (Lipinski definition) is 0. The molecule has 1 fully saturated rings. The van der Waals surface area contributed by atoms with Crippen molar-refractivity contribution in [2.75, 3.05) is 20.2 Å². The second-order valence-electron chi connectivity index (χ2n) is 5.34. The van der Waals surface area contributed by atoms with Crippen LogP contribution in [0.25, 0.3) is 0 Å². The van der Waals surface area contributed by atoms with Gasteiger partial charge in [0.15, 0.2) is 0 Å². The van der Waals surface area contributed by atoms with Gasteiger partial charge in [-0.25, -0.2) is 10.1 Å². The maximum atomic E-state index is 11.3. The van der Waals surface area contributed by atoms with Crippen LogP contribution in [0.5, 0.6) is 5.75 Å². The highest BCUT2D eigenvalue weighted by Crippen LogP contribution is 2.33. The second-order valence-corrected chi connectivity index (χ2v) is 6.16. The molecule has 26 heavy (non-hydrogen) atoms. The normalized spacial score (nSPS) is 15.6. The van der Waals surface area contributed by atoms with Crippen molar-refractivity contribution in [3.63, 3.8) is 0 Å². The Morgan fingerprint density at radius 3 is 2.73 bits per heavy atom. The molecule has 0 unspecified atom stereocenters. The predicted molar refractivity (Wildman–Crippen MR) is 98.6 cm³/mol. The lowest BCUT2D eigenvalue weighted by Crippen LogP contribution is -2.32. The van der Waals surface area contributed by atoms with E-state index in [-0.39, 0.29) is 6.61 Å². The summed E-state index contributed by atoms with van der Waals surface area (Å²) in [6.45, 7) is 1.10. The van der Waals surface area contributed by atoms with Crippen LogP contribution in [-0.2, 0) is 16.2 Å². The quantitative estimate of drug-likeness (QED) is 0.703. The van der Waals surface area contributed by atoms with Crippen LogP contribution in [-0.4, -0.2) is 47.5 Å². The number of methoxy groups -OCH3 is 1. The van der Waals surface area contributed by atoms with Crippen molar-refractivity contribution in [1.29, 1.82) is 0 Å². The number of carbonyl (C=O) groups is 1. The van der Waals surface area contributed by atoms with Crippen molar-refractivity contribution in [2.45, 2.75) is 6.61 Å². The molecule has 0 saturated carbocycles. The highest BCUT2D eigenvalue weighted by molar-refractivity contribution is 6.38. The second kappa shape index (κ2) is 8.35. The van der Waals surface area contributed by atoms with Crippen molar-refractivity contribution in [3.05, 3.63) is 52.3 Å². The van der Waals surface area contributed by atoms with Gasteiger partial charge in [0, 0.05) is 18.8 Å². The van der Waals surface area contributed by atoms with E-state index in [1.54, 1.807) is 43.6 Å². The standard InChI is InChI=1S/C17H16Cl2N4O3/c1-25-13-5-6-20-12(9-13)10-26-23-8-7-22(11-24)17(23)21-16-14(18)3-2-4-15(16)19/h2-6,9,11H,7-8,10H2,1H3. The van der Waals surface area contributed by atoms with Gasteiger partial charge in [0.1, 0.15) is 18.0 Å². The van der Waals surface area contributed by atoms with E-state index in [2.05, 4.69) is 9.98 Å². The third-order valence-corrected chi connectivity index (χ3v) is 4.30. The highest BCUT2D eigenvalue weighted by atomic mass is 35.5. The van der Waals surface area contributed by atoms with Gasteiger partial charge in [-0.05, 0) is 18.2 Å². The molecule has 0 aliphatic carbocycles. The van der Waals surface area contributed by atoms with Gasteiger partial charge in [0.05, 0.1) is 29.4 Å². The van der Waals surface area contributed by atoms with Crippen LogP contribution >= 0.6 is 23.2 Å². The fourth-order valence-electron chi connectivity index (χ4n) is 2.39. The number of pyridine rings is 1. The lowest BCUT2D eigenvalue weighted by Gasteiger charge is -2.19. The number of guanidine groups is 1. The minimum atomic E-state index is 0.194. The third kappa shape index (κ3) is 4.07. The molecule has 136 valence electrons. The minimum absolute atomic E-state index is 0.194. The molecule has 0 radical (unpaired) electrons. The molecule has 0 N–H and O–H groups in total. The van der Waals surface area contributed by atoms with Gasteiger partial charge in [-0.3, -0.25) is 19.5 Å². The summed E-state index contributed by atoms with van der Waals surface area (Å²) in [5.74, 6) is 1.00. The van der Waals surface area contributed by atoms with Gasteiger partial charge in [0.2, 0.25) is 12.4 Å². The zero-order valence-corrected chi connectivity index (χ0v) is 15.4. The number of hydroxylamine groups is 2. The molecular weight excluding hydrogens is 379 g/mol. The fourth-order valence-corrected chi connectivity index (χ4v) is 2.87. The van der Waals surface area contributed by atoms with E-state index < -0.39 is 0 Å². The van der Waals surface area contributed by atoms with Crippen molar-refractivity contribution in [1.82, 2.24) is 14.9 Å². The van der Waals surface area contributed by atoms with Gasteiger partial charge >= 0.3 is 0 Å². The number of rotatable bonds is 6. The summed E-state index contributed by atoms with van der Waals surface area (Å²) in [6, 6.07) is 8.61. The Hall–Kier alpha value is -2.35. The molecule has 1 amide bonds. The number of nitrogens with zero attached hydrogens (tertiary/aromatic N) is 4. The number of benzene rings is 1. The Kier molecular flexibility index (Phi) is 5.92.